The summed E-state index contributed by atoms with van der Waals surface area (Å²) in [6.07, 6.45) is 3.22. The third-order valence-electron chi connectivity index (χ3n) is 3.28. The maximum absolute atomic E-state index is 11.9. The Kier molecular flexibility index (Phi) is 5.51. The minimum atomic E-state index is -0.428. The number of nitrogens with one attached hydrogen (secondary N) is 1. The largest absolute Gasteiger partial charge is 0.494 e. The highest BCUT2D eigenvalue weighted by molar-refractivity contribution is 7.71. The lowest BCUT2D eigenvalue weighted by Gasteiger charge is -2.23. The van der Waals surface area contributed by atoms with Crippen LogP contribution >= 0.6 is 12.2 Å². The van der Waals surface area contributed by atoms with Crippen LogP contribution in [0.5, 0.6) is 5.88 Å². The molecule has 0 spiro atoms. The van der Waals surface area contributed by atoms with E-state index in [0.29, 0.717) is 32.8 Å². The quantitative estimate of drug-likeness (QED) is 0.628. The zero-order valence-corrected chi connectivity index (χ0v) is 12.9. The van der Waals surface area contributed by atoms with E-state index in [-0.39, 0.29) is 16.2 Å². The molecule has 8 heteroatoms. The van der Waals surface area contributed by atoms with Crippen LogP contribution in [0.3, 0.4) is 0 Å². The van der Waals surface area contributed by atoms with Gasteiger partial charge in [0.25, 0.3) is 5.56 Å². The number of unbranched alkanes of at least 4 members (excludes halogenated alkanes) is 1. The van der Waals surface area contributed by atoms with Gasteiger partial charge < -0.3 is 9.84 Å². The van der Waals surface area contributed by atoms with Crippen LogP contribution < -0.4 is 5.56 Å². The fourth-order valence-electron chi connectivity index (χ4n) is 2.02. The lowest BCUT2D eigenvalue weighted by Crippen LogP contribution is -2.32. The fraction of sp³-hybridized carbons (Fsp3) is 0.615. The van der Waals surface area contributed by atoms with Gasteiger partial charge in [0.15, 0.2) is 4.77 Å². The van der Waals surface area contributed by atoms with Crippen molar-refractivity contribution in [1.82, 2.24) is 14.6 Å². The van der Waals surface area contributed by atoms with Crippen molar-refractivity contribution in [3.05, 3.63) is 20.7 Å². The van der Waals surface area contributed by atoms with Crippen molar-refractivity contribution in [3.8, 4) is 5.88 Å². The molecule has 7 nitrogen and oxygen atoms in total. The summed E-state index contributed by atoms with van der Waals surface area (Å²) in [5, 5.41) is 16.3. The second kappa shape index (κ2) is 7.37. The highest BCUT2D eigenvalue weighted by Crippen LogP contribution is 2.13. The van der Waals surface area contributed by atoms with Gasteiger partial charge in [-0.2, -0.15) is 5.10 Å². The Balaban J connectivity index is 2.27. The zero-order chi connectivity index (χ0) is 15.2. The fourth-order valence-corrected chi connectivity index (χ4v) is 2.29. The van der Waals surface area contributed by atoms with E-state index in [1.807, 2.05) is 6.92 Å². The molecule has 0 atom stereocenters. The second-order valence-corrected chi connectivity index (χ2v) is 5.20. The molecule has 0 amide bonds. The van der Waals surface area contributed by atoms with Gasteiger partial charge in [0.1, 0.15) is 5.56 Å². The average molecular weight is 312 g/mol. The molecule has 116 valence electrons. The Morgan fingerprint density at radius 2 is 2.19 bits per heavy atom. The summed E-state index contributed by atoms with van der Waals surface area (Å²) >= 11 is 5.09. The van der Waals surface area contributed by atoms with Crippen molar-refractivity contribution in [3.63, 3.8) is 0 Å². The summed E-state index contributed by atoms with van der Waals surface area (Å²) < 4.78 is 6.99. The van der Waals surface area contributed by atoms with Crippen molar-refractivity contribution in [2.45, 2.75) is 26.3 Å². The van der Waals surface area contributed by atoms with Gasteiger partial charge in [-0.05, 0) is 18.6 Å². The summed E-state index contributed by atoms with van der Waals surface area (Å²) in [4.78, 5) is 14.5. The Bertz CT molecular complexity index is 617. The normalized spacial score (nSPS) is 15.8. The molecule has 0 saturated carbocycles. The van der Waals surface area contributed by atoms with E-state index in [1.54, 1.807) is 5.01 Å². The topological polar surface area (TPSA) is 82.8 Å². The van der Waals surface area contributed by atoms with Crippen LogP contribution in [0.15, 0.2) is 9.90 Å². The molecular weight excluding hydrogens is 292 g/mol. The third-order valence-corrected chi connectivity index (χ3v) is 3.60. The Morgan fingerprint density at radius 3 is 2.86 bits per heavy atom. The molecule has 2 rings (SSSR count). The Hall–Kier alpha value is -1.67. The number of hydrogen-bond acceptors (Lipinski definition) is 6. The molecule has 21 heavy (non-hydrogen) atoms. The smallest absolute Gasteiger partial charge is 0.264 e. The van der Waals surface area contributed by atoms with Crippen LogP contribution in [0.1, 0.15) is 25.3 Å². The van der Waals surface area contributed by atoms with Gasteiger partial charge in [0.2, 0.25) is 5.88 Å². The minimum Gasteiger partial charge on any atom is -0.494 e. The number of morpholine rings is 1. The van der Waals surface area contributed by atoms with E-state index >= 15 is 0 Å². The summed E-state index contributed by atoms with van der Waals surface area (Å²) in [6, 6.07) is 0. The van der Waals surface area contributed by atoms with Crippen LogP contribution in [0.4, 0.5) is 0 Å². The van der Waals surface area contributed by atoms with Crippen molar-refractivity contribution < 1.29 is 9.84 Å². The monoisotopic (exact) mass is 312 g/mol. The molecule has 0 aromatic carbocycles. The van der Waals surface area contributed by atoms with Gasteiger partial charge in [0.05, 0.1) is 32.5 Å². The molecule has 0 unspecified atom stereocenters. The number of aromatic hydroxyl groups is 1. The van der Waals surface area contributed by atoms with Crippen molar-refractivity contribution in [2.24, 2.45) is 5.10 Å². The predicted octanol–water partition coefficient (Wildman–Crippen LogP) is 1.08. The van der Waals surface area contributed by atoms with E-state index in [0.717, 1.165) is 12.8 Å². The molecule has 0 aliphatic carbocycles. The number of hydrogen-bond donors (Lipinski definition) is 2. The first kappa shape index (κ1) is 15.7. The molecule has 1 aromatic heterocycles. The van der Waals surface area contributed by atoms with Crippen molar-refractivity contribution >= 4 is 18.4 Å². The molecule has 0 bridgehead atoms. The first-order valence-electron chi connectivity index (χ1n) is 7.06. The van der Waals surface area contributed by atoms with Crippen molar-refractivity contribution in [1.29, 1.82) is 0 Å². The van der Waals surface area contributed by atoms with Crippen LogP contribution in [0.25, 0.3) is 0 Å². The zero-order valence-electron chi connectivity index (χ0n) is 12.0. The van der Waals surface area contributed by atoms with E-state index in [4.69, 9.17) is 17.0 Å². The van der Waals surface area contributed by atoms with Gasteiger partial charge in [0, 0.05) is 6.54 Å². The highest BCUT2D eigenvalue weighted by atomic mass is 32.1. The van der Waals surface area contributed by atoms with Gasteiger partial charge >= 0.3 is 0 Å². The van der Waals surface area contributed by atoms with Crippen LogP contribution in [0, 0.1) is 4.77 Å². The number of hydrazone groups is 1. The summed E-state index contributed by atoms with van der Waals surface area (Å²) in [5.41, 5.74) is -0.298. The highest BCUT2D eigenvalue weighted by Gasteiger charge is 2.12. The molecular formula is C13H20N4O3S. The lowest BCUT2D eigenvalue weighted by atomic mass is 10.3. The van der Waals surface area contributed by atoms with E-state index in [1.165, 1.54) is 10.8 Å². The first-order valence-corrected chi connectivity index (χ1v) is 7.47. The van der Waals surface area contributed by atoms with Crippen LogP contribution in [-0.4, -0.2) is 52.2 Å². The molecule has 1 fully saturated rings. The second-order valence-electron chi connectivity index (χ2n) is 4.81. The lowest BCUT2D eigenvalue weighted by molar-refractivity contribution is 0.0396. The molecule has 1 aromatic rings. The van der Waals surface area contributed by atoms with E-state index in [2.05, 4.69) is 10.1 Å². The molecule has 2 heterocycles. The maximum Gasteiger partial charge on any atom is 0.264 e. The third kappa shape index (κ3) is 3.92. The average Bonchev–Trinajstić information content (AvgIpc) is 2.47. The van der Waals surface area contributed by atoms with E-state index < -0.39 is 5.56 Å². The molecule has 2 N–H and O–H groups in total. The molecule has 1 saturated heterocycles. The van der Waals surface area contributed by atoms with Crippen LogP contribution in [-0.2, 0) is 11.3 Å². The number of H-pyrrole nitrogens is 1. The van der Waals surface area contributed by atoms with Gasteiger partial charge in [-0.1, -0.05) is 13.3 Å². The standard InChI is InChI=1S/C13H20N4O3S/c1-2-3-4-17-12(19)10(11(18)15-13(17)21)9-14-16-5-7-20-8-6-16/h9,19H,2-8H2,1H3,(H,15,18,21). The predicted molar refractivity (Wildman–Crippen MR) is 82.4 cm³/mol. The Labute approximate surface area is 127 Å². The molecule has 1 aliphatic heterocycles. The number of nitrogens with zero attached hydrogens (tertiary/aromatic N) is 3. The summed E-state index contributed by atoms with van der Waals surface area (Å²) in [5.74, 6) is -0.130. The molecule has 0 radical (unpaired) electrons. The summed E-state index contributed by atoms with van der Waals surface area (Å²) in [6.45, 7) is 5.18. The number of rotatable bonds is 5. The Morgan fingerprint density at radius 1 is 1.48 bits per heavy atom. The number of aromatic amines is 1. The van der Waals surface area contributed by atoms with Crippen molar-refractivity contribution in [2.75, 3.05) is 26.3 Å². The van der Waals surface area contributed by atoms with Gasteiger partial charge in [-0.15, -0.1) is 0 Å². The van der Waals surface area contributed by atoms with Crippen LogP contribution in [0.2, 0.25) is 0 Å². The summed E-state index contributed by atoms with van der Waals surface area (Å²) in [7, 11) is 0. The first-order chi connectivity index (χ1) is 10.1. The SMILES string of the molecule is CCCCn1c(O)c(C=NN2CCOCC2)c(=O)[nH]c1=S. The van der Waals surface area contributed by atoms with Gasteiger partial charge in [-0.25, -0.2) is 0 Å². The van der Waals surface area contributed by atoms with E-state index in [9.17, 15) is 9.90 Å². The number of ether oxygens (including phenoxy) is 1. The minimum absolute atomic E-state index is 0.130. The van der Waals surface area contributed by atoms with Gasteiger partial charge in [-0.3, -0.25) is 19.4 Å². The maximum atomic E-state index is 11.9. The number of aromatic nitrogens is 2. The molecule has 1 aliphatic rings.